The molecule has 104 valence electrons. The molecule has 2 atom stereocenters. The van der Waals surface area contributed by atoms with Crippen molar-refractivity contribution < 1.29 is 9.47 Å². The number of hydrogen-bond donors (Lipinski definition) is 1. The number of ether oxygens (including phenoxy) is 2. The molecule has 1 fully saturated rings. The lowest BCUT2D eigenvalue weighted by Gasteiger charge is -2.42. The summed E-state index contributed by atoms with van der Waals surface area (Å²) in [6.07, 6.45) is 3.24. The number of benzene rings is 1. The van der Waals surface area contributed by atoms with Gasteiger partial charge in [0.15, 0.2) is 11.5 Å². The Kier molecular flexibility index (Phi) is 3.37. The van der Waals surface area contributed by atoms with Crippen LogP contribution in [0.4, 0.5) is 0 Å². The van der Waals surface area contributed by atoms with Crippen molar-refractivity contribution in [1.82, 2.24) is 4.90 Å². The summed E-state index contributed by atoms with van der Waals surface area (Å²) >= 11 is 0. The molecule has 0 amide bonds. The maximum absolute atomic E-state index is 6.14. The Balaban J connectivity index is 2.01. The Bertz CT molecular complexity index is 475. The van der Waals surface area contributed by atoms with Crippen molar-refractivity contribution in [2.45, 2.75) is 31.3 Å². The maximum atomic E-state index is 6.14. The molecule has 4 heteroatoms. The minimum atomic E-state index is 0.320. The van der Waals surface area contributed by atoms with Gasteiger partial charge in [-0.1, -0.05) is 0 Å². The minimum absolute atomic E-state index is 0.320. The van der Waals surface area contributed by atoms with Crippen LogP contribution in [0.2, 0.25) is 0 Å². The molecule has 0 bridgehead atoms. The Labute approximate surface area is 114 Å². The van der Waals surface area contributed by atoms with Crippen molar-refractivity contribution in [3.63, 3.8) is 0 Å². The summed E-state index contributed by atoms with van der Waals surface area (Å²) in [5.74, 6) is 1.65. The number of nitrogens with zero attached hydrogens (tertiary/aromatic N) is 1. The van der Waals surface area contributed by atoms with Crippen molar-refractivity contribution in [3.8, 4) is 11.5 Å². The Morgan fingerprint density at radius 2 is 1.89 bits per heavy atom. The van der Waals surface area contributed by atoms with Gasteiger partial charge in [-0.2, -0.15) is 0 Å². The summed E-state index contributed by atoms with van der Waals surface area (Å²) in [4.78, 5) is 2.55. The first-order valence-electron chi connectivity index (χ1n) is 6.97. The second-order valence-corrected chi connectivity index (χ2v) is 5.49. The zero-order chi connectivity index (χ0) is 13.4. The average molecular weight is 262 g/mol. The summed E-state index contributed by atoms with van der Waals surface area (Å²) < 4.78 is 10.8. The SMILES string of the molecule is COc1cc2c(cc1OC)C1C[C@H](N)CCN1CC2. The number of piperidine rings is 1. The monoisotopic (exact) mass is 262 g/mol. The number of rotatable bonds is 2. The highest BCUT2D eigenvalue weighted by molar-refractivity contribution is 5.49. The molecule has 0 spiro atoms. The third kappa shape index (κ3) is 2.19. The highest BCUT2D eigenvalue weighted by Gasteiger charge is 2.33. The van der Waals surface area contributed by atoms with Crippen LogP contribution >= 0.6 is 0 Å². The molecule has 1 saturated heterocycles. The molecule has 19 heavy (non-hydrogen) atoms. The molecule has 0 radical (unpaired) electrons. The lowest BCUT2D eigenvalue weighted by Crippen LogP contribution is -2.45. The second kappa shape index (κ2) is 5.02. The van der Waals surface area contributed by atoms with Crippen LogP contribution in [0.25, 0.3) is 0 Å². The van der Waals surface area contributed by atoms with E-state index in [9.17, 15) is 0 Å². The minimum Gasteiger partial charge on any atom is -0.493 e. The Morgan fingerprint density at radius 3 is 2.63 bits per heavy atom. The molecule has 3 rings (SSSR count). The van der Waals surface area contributed by atoms with Crippen LogP contribution in [-0.2, 0) is 6.42 Å². The van der Waals surface area contributed by atoms with Gasteiger partial charge in [-0.3, -0.25) is 4.90 Å². The molecule has 1 aromatic rings. The predicted molar refractivity (Wildman–Crippen MR) is 74.8 cm³/mol. The fourth-order valence-electron chi connectivity index (χ4n) is 3.36. The molecule has 2 N–H and O–H groups in total. The molecule has 4 nitrogen and oxygen atoms in total. The molecule has 0 saturated carbocycles. The van der Waals surface area contributed by atoms with E-state index in [1.165, 1.54) is 11.1 Å². The highest BCUT2D eigenvalue weighted by atomic mass is 16.5. The molecule has 2 aliphatic rings. The molecule has 1 aromatic carbocycles. The van der Waals surface area contributed by atoms with E-state index in [0.717, 1.165) is 43.9 Å². The van der Waals surface area contributed by atoms with Gasteiger partial charge in [0.25, 0.3) is 0 Å². The van der Waals surface area contributed by atoms with Gasteiger partial charge in [0.1, 0.15) is 0 Å². The van der Waals surface area contributed by atoms with Crippen LogP contribution < -0.4 is 15.2 Å². The summed E-state index contributed by atoms with van der Waals surface area (Å²) in [5.41, 5.74) is 8.90. The molecular weight excluding hydrogens is 240 g/mol. The van der Waals surface area contributed by atoms with Gasteiger partial charge in [-0.25, -0.2) is 0 Å². The summed E-state index contributed by atoms with van der Waals surface area (Å²) in [6.45, 7) is 2.24. The molecule has 0 aromatic heterocycles. The fraction of sp³-hybridized carbons (Fsp3) is 0.600. The van der Waals surface area contributed by atoms with Crippen molar-refractivity contribution in [2.24, 2.45) is 5.73 Å². The van der Waals surface area contributed by atoms with Crippen LogP contribution in [0, 0.1) is 0 Å². The van der Waals surface area contributed by atoms with E-state index in [1.807, 2.05) is 0 Å². The van der Waals surface area contributed by atoms with Gasteiger partial charge in [0, 0.05) is 25.2 Å². The third-order valence-corrected chi connectivity index (χ3v) is 4.43. The van der Waals surface area contributed by atoms with Crippen LogP contribution in [0.3, 0.4) is 0 Å². The lowest BCUT2D eigenvalue weighted by molar-refractivity contribution is 0.126. The first-order chi connectivity index (χ1) is 9.22. The molecule has 2 aliphatic heterocycles. The number of nitrogens with two attached hydrogens (primary N) is 1. The standard InChI is InChI=1S/C15H22N2O2/c1-18-14-7-10-3-5-17-6-4-11(16)8-13(17)12(10)9-15(14)19-2/h7,9,11,13H,3-6,8,16H2,1-2H3/t11-,13?/m1/s1. The molecule has 0 aliphatic carbocycles. The first-order valence-corrected chi connectivity index (χ1v) is 6.97. The van der Waals surface area contributed by atoms with Gasteiger partial charge in [-0.15, -0.1) is 0 Å². The van der Waals surface area contributed by atoms with Gasteiger partial charge >= 0.3 is 0 Å². The normalized spacial score (nSPS) is 26.5. The topological polar surface area (TPSA) is 47.7 Å². The van der Waals surface area contributed by atoms with Crippen LogP contribution in [-0.4, -0.2) is 38.3 Å². The highest BCUT2D eigenvalue weighted by Crippen LogP contribution is 2.41. The van der Waals surface area contributed by atoms with Crippen molar-refractivity contribution >= 4 is 0 Å². The number of hydrogen-bond acceptors (Lipinski definition) is 4. The van der Waals surface area contributed by atoms with E-state index in [1.54, 1.807) is 14.2 Å². The number of fused-ring (bicyclic) bond motifs is 3. The summed E-state index contributed by atoms with van der Waals surface area (Å²) in [6, 6.07) is 5.04. The first kappa shape index (κ1) is 12.8. The van der Waals surface area contributed by atoms with E-state index in [2.05, 4.69) is 17.0 Å². The van der Waals surface area contributed by atoms with Gasteiger partial charge < -0.3 is 15.2 Å². The Morgan fingerprint density at radius 1 is 1.16 bits per heavy atom. The largest absolute Gasteiger partial charge is 0.493 e. The fourth-order valence-corrected chi connectivity index (χ4v) is 3.36. The van der Waals surface area contributed by atoms with Gasteiger partial charge in [0.2, 0.25) is 0 Å². The zero-order valence-corrected chi connectivity index (χ0v) is 11.7. The summed E-state index contributed by atoms with van der Waals surface area (Å²) in [5, 5.41) is 0. The number of methoxy groups -OCH3 is 2. The third-order valence-electron chi connectivity index (χ3n) is 4.43. The Hall–Kier alpha value is -1.26. The summed E-state index contributed by atoms with van der Waals surface area (Å²) in [7, 11) is 3.38. The second-order valence-electron chi connectivity index (χ2n) is 5.49. The molecular formula is C15H22N2O2. The van der Waals surface area contributed by atoms with E-state index in [4.69, 9.17) is 15.2 Å². The average Bonchev–Trinajstić information content (AvgIpc) is 2.45. The van der Waals surface area contributed by atoms with Gasteiger partial charge in [-0.05, 0) is 42.5 Å². The van der Waals surface area contributed by atoms with Crippen molar-refractivity contribution in [2.75, 3.05) is 27.3 Å². The van der Waals surface area contributed by atoms with Crippen LogP contribution in [0.5, 0.6) is 11.5 Å². The van der Waals surface area contributed by atoms with Crippen molar-refractivity contribution in [3.05, 3.63) is 23.3 Å². The quantitative estimate of drug-likeness (QED) is 0.881. The van der Waals surface area contributed by atoms with E-state index >= 15 is 0 Å². The van der Waals surface area contributed by atoms with Gasteiger partial charge in [0.05, 0.1) is 14.2 Å². The molecule has 2 heterocycles. The maximum Gasteiger partial charge on any atom is 0.161 e. The van der Waals surface area contributed by atoms with Crippen LogP contribution in [0.1, 0.15) is 30.0 Å². The predicted octanol–water partition coefficient (Wildman–Crippen LogP) is 1.72. The van der Waals surface area contributed by atoms with E-state index in [-0.39, 0.29) is 0 Å². The van der Waals surface area contributed by atoms with E-state index < -0.39 is 0 Å². The smallest absolute Gasteiger partial charge is 0.161 e. The van der Waals surface area contributed by atoms with Crippen molar-refractivity contribution in [1.29, 1.82) is 0 Å². The van der Waals surface area contributed by atoms with Crippen LogP contribution in [0.15, 0.2) is 12.1 Å². The van der Waals surface area contributed by atoms with E-state index in [0.29, 0.717) is 12.1 Å². The molecule has 1 unspecified atom stereocenters. The lowest BCUT2D eigenvalue weighted by atomic mass is 9.85. The zero-order valence-electron chi connectivity index (χ0n) is 11.7.